The summed E-state index contributed by atoms with van der Waals surface area (Å²) in [5, 5.41) is 5.33. The first-order valence-electron chi connectivity index (χ1n) is 8.36. The highest BCUT2D eigenvalue weighted by molar-refractivity contribution is 7.10. The molecule has 6 heteroatoms. The SMILES string of the molecule is Cc1nc2c([nH]1)CN(C(=O)NCc1csc3c1CCCC3)CC2. The number of imidazole rings is 1. The molecule has 2 aromatic rings. The van der Waals surface area contributed by atoms with Gasteiger partial charge in [-0.1, -0.05) is 0 Å². The number of nitrogens with zero attached hydrogens (tertiary/aromatic N) is 2. The molecule has 0 bridgehead atoms. The number of aromatic amines is 1. The van der Waals surface area contributed by atoms with E-state index < -0.39 is 0 Å². The molecule has 2 aromatic heterocycles. The number of urea groups is 1. The molecule has 0 radical (unpaired) electrons. The lowest BCUT2D eigenvalue weighted by molar-refractivity contribution is 0.191. The lowest BCUT2D eigenvalue weighted by atomic mass is 9.96. The van der Waals surface area contributed by atoms with Crippen LogP contribution in [0, 0.1) is 6.92 Å². The van der Waals surface area contributed by atoms with Crippen molar-refractivity contribution in [2.45, 2.75) is 52.1 Å². The first-order valence-corrected chi connectivity index (χ1v) is 9.24. The second kappa shape index (κ2) is 6.00. The van der Waals surface area contributed by atoms with Gasteiger partial charge in [-0.15, -0.1) is 11.3 Å². The lowest BCUT2D eigenvalue weighted by Crippen LogP contribution is -2.42. The monoisotopic (exact) mass is 330 g/mol. The van der Waals surface area contributed by atoms with Crippen molar-refractivity contribution in [3.05, 3.63) is 38.6 Å². The van der Waals surface area contributed by atoms with E-state index in [1.165, 1.54) is 41.7 Å². The smallest absolute Gasteiger partial charge is 0.318 e. The quantitative estimate of drug-likeness (QED) is 0.889. The van der Waals surface area contributed by atoms with E-state index in [4.69, 9.17) is 0 Å². The predicted molar refractivity (Wildman–Crippen MR) is 90.6 cm³/mol. The van der Waals surface area contributed by atoms with E-state index in [-0.39, 0.29) is 6.03 Å². The van der Waals surface area contributed by atoms with E-state index in [1.807, 2.05) is 23.2 Å². The molecule has 2 N–H and O–H groups in total. The highest BCUT2D eigenvalue weighted by Crippen LogP contribution is 2.30. The van der Waals surface area contributed by atoms with Crippen molar-refractivity contribution in [1.29, 1.82) is 0 Å². The molecule has 0 atom stereocenters. The molecule has 0 unspecified atom stereocenters. The molecule has 23 heavy (non-hydrogen) atoms. The molecule has 0 saturated carbocycles. The van der Waals surface area contributed by atoms with Crippen molar-refractivity contribution in [3.63, 3.8) is 0 Å². The fraction of sp³-hybridized carbons (Fsp3) is 0.529. The lowest BCUT2D eigenvalue weighted by Gasteiger charge is -2.26. The Morgan fingerprint density at radius 2 is 2.26 bits per heavy atom. The van der Waals surface area contributed by atoms with Gasteiger partial charge in [0.15, 0.2) is 0 Å². The number of aryl methyl sites for hydroxylation is 2. The Balaban J connectivity index is 1.38. The summed E-state index contributed by atoms with van der Waals surface area (Å²) in [5.41, 5.74) is 5.00. The summed E-state index contributed by atoms with van der Waals surface area (Å²) in [4.78, 5) is 23.6. The third-order valence-corrected chi connectivity index (χ3v) is 5.95. The van der Waals surface area contributed by atoms with Crippen molar-refractivity contribution in [3.8, 4) is 0 Å². The number of nitrogens with one attached hydrogen (secondary N) is 2. The number of carbonyl (C=O) groups excluding carboxylic acids is 1. The summed E-state index contributed by atoms with van der Waals surface area (Å²) in [6.45, 7) is 3.98. The van der Waals surface area contributed by atoms with Crippen LogP contribution < -0.4 is 5.32 Å². The van der Waals surface area contributed by atoms with Crippen LogP contribution >= 0.6 is 11.3 Å². The highest BCUT2D eigenvalue weighted by atomic mass is 32.1. The minimum Gasteiger partial charge on any atom is -0.344 e. The van der Waals surface area contributed by atoms with Crippen LogP contribution in [-0.2, 0) is 32.4 Å². The van der Waals surface area contributed by atoms with Gasteiger partial charge in [0, 0.05) is 24.4 Å². The van der Waals surface area contributed by atoms with Gasteiger partial charge in [0.25, 0.3) is 0 Å². The molecule has 2 amide bonds. The van der Waals surface area contributed by atoms with E-state index in [1.54, 1.807) is 0 Å². The molecule has 122 valence electrons. The van der Waals surface area contributed by atoms with Crippen LogP contribution in [0.5, 0.6) is 0 Å². The third kappa shape index (κ3) is 2.87. The van der Waals surface area contributed by atoms with Crippen LogP contribution in [0.2, 0.25) is 0 Å². The number of fused-ring (bicyclic) bond motifs is 2. The maximum Gasteiger partial charge on any atom is 0.318 e. The van der Waals surface area contributed by atoms with Gasteiger partial charge < -0.3 is 15.2 Å². The standard InChI is InChI=1S/C17H22N4OS/c1-11-19-14-6-7-21(9-15(14)20-11)17(22)18-8-12-10-23-16-5-3-2-4-13(12)16/h10H,2-9H2,1H3,(H,18,22)(H,19,20). The number of hydrogen-bond acceptors (Lipinski definition) is 3. The van der Waals surface area contributed by atoms with E-state index in [2.05, 4.69) is 20.7 Å². The summed E-state index contributed by atoms with van der Waals surface area (Å²) in [7, 11) is 0. The molecule has 4 rings (SSSR count). The molecule has 0 aromatic carbocycles. The van der Waals surface area contributed by atoms with Crippen molar-refractivity contribution < 1.29 is 4.79 Å². The Kier molecular flexibility index (Phi) is 3.85. The number of amides is 2. The van der Waals surface area contributed by atoms with Gasteiger partial charge in [-0.3, -0.25) is 0 Å². The first kappa shape index (κ1) is 14.8. The third-order valence-electron chi connectivity index (χ3n) is 4.82. The van der Waals surface area contributed by atoms with Crippen LogP contribution in [0.15, 0.2) is 5.38 Å². The van der Waals surface area contributed by atoms with E-state index in [0.29, 0.717) is 13.1 Å². The van der Waals surface area contributed by atoms with Gasteiger partial charge in [0.05, 0.1) is 17.9 Å². The average Bonchev–Trinajstić information content (AvgIpc) is 3.14. The Labute approximate surface area is 140 Å². The molecule has 2 aliphatic rings. The number of hydrogen-bond donors (Lipinski definition) is 2. The largest absolute Gasteiger partial charge is 0.344 e. The maximum absolute atomic E-state index is 12.5. The van der Waals surface area contributed by atoms with Crippen molar-refractivity contribution in [2.75, 3.05) is 6.54 Å². The first-order chi connectivity index (χ1) is 11.2. The average molecular weight is 330 g/mol. The summed E-state index contributed by atoms with van der Waals surface area (Å²) in [5.74, 6) is 0.933. The van der Waals surface area contributed by atoms with Crippen LogP contribution in [0.1, 0.15) is 46.1 Å². The fourth-order valence-corrected chi connectivity index (χ4v) is 4.75. The van der Waals surface area contributed by atoms with Gasteiger partial charge in [-0.2, -0.15) is 0 Å². The number of carbonyl (C=O) groups is 1. The number of H-pyrrole nitrogens is 1. The van der Waals surface area contributed by atoms with E-state index in [9.17, 15) is 4.79 Å². The highest BCUT2D eigenvalue weighted by Gasteiger charge is 2.23. The number of thiophene rings is 1. The van der Waals surface area contributed by atoms with Crippen LogP contribution in [0.25, 0.3) is 0 Å². The van der Waals surface area contributed by atoms with Gasteiger partial charge >= 0.3 is 6.03 Å². The van der Waals surface area contributed by atoms with Gasteiger partial charge in [-0.05, 0) is 49.1 Å². The van der Waals surface area contributed by atoms with E-state index in [0.717, 1.165) is 30.2 Å². The minimum absolute atomic E-state index is 0.0265. The van der Waals surface area contributed by atoms with Gasteiger partial charge in [0.2, 0.25) is 0 Å². The summed E-state index contributed by atoms with van der Waals surface area (Å²) >= 11 is 1.85. The van der Waals surface area contributed by atoms with Crippen LogP contribution in [-0.4, -0.2) is 27.4 Å². The summed E-state index contributed by atoms with van der Waals surface area (Å²) in [6.07, 6.45) is 5.80. The Morgan fingerprint density at radius 3 is 3.17 bits per heavy atom. The summed E-state index contributed by atoms with van der Waals surface area (Å²) < 4.78 is 0. The molecule has 1 aliphatic carbocycles. The van der Waals surface area contributed by atoms with Crippen LogP contribution in [0.4, 0.5) is 4.79 Å². The molecule has 5 nitrogen and oxygen atoms in total. The minimum atomic E-state index is 0.0265. The molecular formula is C17H22N4OS. The Morgan fingerprint density at radius 1 is 1.39 bits per heavy atom. The number of aromatic nitrogens is 2. The van der Waals surface area contributed by atoms with Gasteiger partial charge in [-0.25, -0.2) is 9.78 Å². The zero-order chi connectivity index (χ0) is 15.8. The van der Waals surface area contributed by atoms with Crippen molar-refractivity contribution in [1.82, 2.24) is 20.2 Å². The van der Waals surface area contributed by atoms with Gasteiger partial charge in [0.1, 0.15) is 5.82 Å². The van der Waals surface area contributed by atoms with Crippen molar-refractivity contribution in [2.24, 2.45) is 0 Å². The summed E-state index contributed by atoms with van der Waals surface area (Å²) in [6, 6.07) is 0.0265. The number of rotatable bonds is 2. The molecule has 0 fully saturated rings. The fourth-order valence-electron chi connectivity index (χ4n) is 3.60. The second-order valence-corrected chi connectivity index (χ2v) is 7.41. The molecule has 1 aliphatic heterocycles. The zero-order valence-electron chi connectivity index (χ0n) is 13.4. The second-order valence-electron chi connectivity index (χ2n) is 6.45. The molecule has 0 saturated heterocycles. The maximum atomic E-state index is 12.5. The Hall–Kier alpha value is -1.82. The van der Waals surface area contributed by atoms with Crippen LogP contribution in [0.3, 0.4) is 0 Å². The molecule has 0 spiro atoms. The predicted octanol–water partition coefficient (Wildman–Crippen LogP) is 2.93. The van der Waals surface area contributed by atoms with Crippen molar-refractivity contribution >= 4 is 17.4 Å². The normalized spacial score (nSPS) is 16.8. The Bertz CT molecular complexity index is 733. The van der Waals surface area contributed by atoms with E-state index >= 15 is 0 Å². The topological polar surface area (TPSA) is 61.0 Å². The molecular weight excluding hydrogens is 308 g/mol. The molecule has 3 heterocycles. The zero-order valence-corrected chi connectivity index (χ0v) is 14.3.